The number of aromatic nitrogens is 2. The summed E-state index contributed by atoms with van der Waals surface area (Å²) in [5.74, 6) is 0.728. The number of carbonyl (C=O) groups is 1. The number of carbonyl (C=O) groups excluding carboxylic acids is 1. The second-order valence-corrected chi connectivity index (χ2v) is 7.81. The molecule has 0 aliphatic carbocycles. The van der Waals surface area contributed by atoms with Gasteiger partial charge in [-0.25, -0.2) is 0 Å². The van der Waals surface area contributed by atoms with Gasteiger partial charge in [-0.1, -0.05) is 13.3 Å². The summed E-state index contributed by atoms with van der Waals surface area (Å²) in [6, 6.07) is 0. The Morgan fingerprint density at radius 3 is 3.08 bits per heavy atom. The van der Waals surface area contributed by atoms with Crippen LogP contribution in [-0.2, 0) is 13.0 Å². The van der Waals surface area contributed by atoms with E-state index in [1.807, 2.05) is 0 Å². The van der Waals surface area contributed by atoms with Crippen molar-refractivity contribution >= 4 is 5.91 Å². The molecule has 1 saturated heterocycles. The number of fused-ring (bicyclic) bond motifs is 1. The average Bonchev–Trinajstić information content (AvgIpc) is 3.04. The van der Waals surface area contributed by atoms with E-state index in [1.165, 1.54) is 19.3 Å². The molecule has 24 heavy (non-hydrogen) atoms. The summed E-state index contributed by atoms with van der Waals surface area (Å²) in [6.45, 7) is 11.3. The molecule has 0 saturated carbocycles. The molecule has 0 radical (unpaired) electrons. The van der Waals surface area contributed by atoms with Gasteiger partial charge in [-0.3, -0.25) is 14.8 Å². The van der Waals surface area contributed by atoms with Crippen LogP contribution in [0.2, 0.25) is 0 Å². The molecule has 6 nitrogen and oxygen atoms in total. The first-order valence-electron chi connectivity index (χ1n) is 9.31. The molecule has 2 aliphatic rings. The monoisotopic (exact) mass is 333 g/mol. The average molecular weight is 333 g/mol. The van der Waals surface area contributed by atoms with E-state index in [9.17, 15) is 4.79 Å². The highest BCUT2D eigenvalue weighted by molar-refractivity contribution is 5.94. The number of hydrogen-bond donors (Lipinski definition) is 3. The first-order valence-corrected chi connectivity index (χ1v) is 9.31. The van der Waals surface area contributed by atoms with Crippen molar-refractivity contribution in [2.24, 2.45) is 5.92 Å². The summed E-state index contributed by atoms with van der Waals surface area (Å²) in [5.41, 5.74) is 2.65. The molecule has 3 heterocycles. The molecule has 134 valence electrons. The summed E-state index contributed by atoms with van der Waals surface area (Å²) < 4.78 is 0. The van der Waals surface area contributed by atoms with Crippen LogP contribution in [-0.4, -0.2) is 52.7 Å². The van der Waals surface area contributed by atoms with Gasteiger partial charge in [0.1, 0.15) is 0 Å². The predicted octanol–water partition coefficient (Wildman–Crippen LogP) is 1.69. The van der Waals surface area contributed by atoms with Crippen molar-refractivity contribution in [3.63, 3.8) is 0 Å². The Hall–Kier alpha value is -1.40. The van der Waals surface area contributed by atoms with E-state index in [0.717, 1.165) is 49.8 Å². The van der Waals surface area contributed by atoms with Crippen LogP contribution >= 0.6 is 0 Å². The second-order valence-electron chi connectivity index (χ2n) is 7.81. The largest absolute Gasteiger partial charge is 0.349 e. The van der Waals surface area contributed by atoms with Crippen LogP contribution in [0.1, 0.15) is 61.8 Å². The smallest absolute Gasteiger partial charge is 0.272 e. The lowest BCUT2D eigenvalue weighted by molar-refractivity contribution is 0.0610. The van der Waals surface area contributed by atoms with Gasteiger partial charge in [0, 0.05) is 49.4 Å². The number of aromatic amines is 1. The number of likely N-dealkylation sites (tertiary alicyclic amines) is 1. The number of hydrogen-bond acceptors (Lipinski definition) is 4. The van der Waals surface area contributed by atoms with Gasteiger partial charge in [-0.05, 0) is 39.2 Å². The van der Waals surface area contributed by atoms with Crippen molar-refractivity contribution in [2.45, 2.75) is 58.5 Å². The molecule has 0 aromatic carbocycles. The molecule has 1 aromatic rings. The van der Waals surface area contributed by atoms with E-state index in [2.05, 4.69) is 46.5 Å². The van der Waals surface area contributed by atoms with E-state index < -0.39 is 0 Å². The minimum absolute atomic E-state index is 0.0296. The first kappa shape index (κ1) is 17.4. The Bertz CT molecular complexity index is 580. The number of amides is 1. The van der Waals surface area contributed by atoms with Gasteiger partial charge in [0.05, 0.1) is 0 Å². The van der Waals surface area contributed by atoms with Crippen molar-refractivity contribution in [2.75, 3.05) is 26.2 Å². The molecule has 0 spiro atoms. The molecular weight excluding hydrogens is 302 g/mol. The summed E-state index contributed by atoms with van der Waals surface area (Å²) in [5, 5.41) is 13.7. The molecule has 0 bridgehead atoms. The van der Waals surface area contributed by atoms with Crippen LogP contribution in [0.3, 0.4) is 0 Å². The Kier molecular flexibility index (Phi) is 5.25. The van der Waals surface area contributed by atoms with E-state index in [0.29, 0.717) is 12.2 Å². The van der Waals surface area contributed by atoms with Gasteiger partial charge >= 0.3 is 0 Å². The zero-order valence-corrected chi connectivity index (χ0v) is 15.2. The maximum atomic E-state index is 12.6. The maximum absolute atomic E-state index is 12.6. The first-order chi connectivity index (χ1) is 11.5. The molecule has 2 aliphatic heterocycles. The molecule has 1 fully saturated rings. The Morgan fingerprint density at radius 2 is 2.29 bits per heavy atom. The number of H-pyrrole nitrogens is 1. The summed E-state index contributed by atoms with van der Waals surface area (Å²) in [7, 11) is 0. The molecular formula is C18H31N5O. The Morgan fingerprint density at radius 1 is 1.46 bits per heavy atom. The van der Waals surface area contributed by atoms with Crippen LogP contribution < -0.4 is 10.6 Å². The molecule has 1 atom stereocenters. The van der Waals surface area contributed by atoms with Crippen LogP contribution in [0.5, 0.6) is 0 Å². The maximum Gasteiger partial charge on any atom is 0.272 e. The van der Waals surface area contributed by atoms with Crippen molar-refractivity contribution in [1.82, 2.24) is 25.7 Å². The fourth-order valence-electron chi connectivity index (χ4n) is 3.85. The number of piperidine rings is 1. The van der Waals surface area contributed by atoms with Crippen molar-refractivity contribution in [3.8, 4) is 0 Å². The normalized spacial score (nSPS) is 22.2. The van der Waals surface area contributed by atoms with Crippen molar-refractivity contribution < 1.29 is 4.79 Å². The number of rotatable bonds is 5. The molecule has 6 heteroatoms. The number of nitrogens with zero attached hydrogens (tertiary/aromatic N) is 2. The van der Waals surface area contributed by atoms with Crippen LogP contribution in [0.25, 0.3) is 0 Å². The van der Waals surface area contributed by atoms with Gasteiger partial charge in [-0.15, -0.1) is 0 Å². The van der Waals surface area contributed by atoms with E-state index >= 15 is 0 Å². The second kappa shape index (κ2) is 7.23. The lowest BCUT2D eigenvalue weighted by Gasteiger charge is -2.43. The standard InChI is InChI=1S/C18H31N5O/c1-4-13-6-5-9-23(11-13)18(2,3)12-20-17(24)16-14-10-19-8-7-15(14)21-22-16/h13,19H,4-12H2,1-3H3,(H,20,24)(H,21,22). The molecule has 3 N–H and O–H groups in total. The number of nitrogens with one attached hydrogen (secondary N) is 3. The third-order valence-corrected chi connectivity index (χ3v) is 5.66. The van der Waals surface area contributed by atoms with E-state index in [1.54, 1.807) is 0 Å². The SMILES string of the molecule is CCC1CCCN(C(C)(C)CNC(=O)c2n[nH]c3c2CNCC3)C1. The lowest BCUT2D eigenvalue weighted by Crippen LogP contribution is -2.55. The predicted molar refractivity (Wildman–Crippen MR) is 95.0 cm³/mol. The topological polar surface area (TPSA) is 73.0 Å². The fourth-order valence-corrected chi connectivity index (χ4v) is 3.85. The van der Waals surface area contributed by atoms with Gasteiger partial charge in [0.2, 0.25) is 0 Å². The molecule has 1 unspecified atom stereocenters. The Balaban J connectivity index is 1.60. The van der Waals surface area contributed by atoms with Gasteiger partial charge in [0.25, 0.3) is 5.91 Å². The van der Waals surface area contributed by atoms with Crippen LogP contribution in [0.4, 0.5) is 0 Å². The lowest BCUT2D eigenvalue weighted by atomic mass is 9.91. The summed E-state index contributed by atoms with van der Waals surface area (Å²) >= 11 is 0. The third-order valence-electron chi connectivity index (χ3n) is 5.66. The molecule has 1 amide bonds. The zero-order chi connectivity index (χ0) is 17.2. The van der Waals surface area contributed by atoms with Crippen LogP contribution in [0.15, 0.2) is 0 Å². The molecule has 1 aromatic heterocycles. The Labute approximate surface area is 144 Å². The van der Waals surface area contributed by atoms with Crippen molar-refractivity contribution in [1.29, 1.82) is 0 Å². The van der Waals surface area contributed by atoms with E-state index in [4.69, 9.17) is 0 Å². The third kappa shape index (κ3) is 3.64. The summed E-state index contributed by atoms with van der Waals surface area (Å²) in [4.78, 5) is 15.1. The van der Waals surface area contributed by atoms with Gasteiger partial charge in [-0.2, -0.15) is 5.10 Å². The van der Waals surface area contributed by atoms with Gasteiger partial charge in [0.15, 0.2) is 5.69 Å². The quantitative estimate of drug-likeness (QED) is 0.767. The van der Waals surface area contributed by atoms with Crippen LogP contribution in [0, 0.1) is 5.92 Å². The van der Waals surface area contributed by atoms with E-state index in [-0.39, 0.29) is 11.4 Å². The van der Waals surface area contributed by atoms with Crippen molar-refractivity contribution in [3.05, 3.63) is 17.0 Å². The molecule has 3 rings (SSSR count). The summed E-state index contributed by atoms with van der Waals surface area (Å²) in [6.07, 6.45) is 4.74. The zero-order valence-electron chi connectivity index (χ0n) is 15.2. The minimum Gasteiger partial charge on any atom is -0.349 e. The highest BCUT2D eigenvalue weighted by atomic mass is 16.2. The minimum atomic E-state index is -0.0617. The highest BCUT2D eigenvalue weighted by Crippen LogP contribution is 2.25. The van der Waals surface area contributed by atoms with Gasteiger partial charge < -0.3 is 10.6 Å². The fraction of sp³-hybridized carbons (Fsp3) is 0.778. The highest BCUT2D eigenvalue weighted by Gasteiger charge is 2.32.